The van der Waals surface area contributed by atoms with Crippen LogP contribution in [-0.4, -0.2) is 29.0 Å². The second-order valence-electron chi connectivity index (χ2n) is 6.90. The van der Waals surface area contributed by atoms with Crippen LogP contribution in [0.1, 0.15) is 36.8 Å². The Morgan fingerprint density at radius 1 is 1.25 bits per heavy atom. The maximum absolute atomic E-state index is 11.3. The van der Waals surface area contributed by atoms with Crippen molar-refractivity contribution in [3.8, 4) is 11.3 Å². The first-order valence-electron chi connectivity index (χ1n) is 8.63. The maximum Gasteiger partial charge on any atom is 0.225 e. The molecular formula is C19H22N4O. The van der Waals surface area contributed by atoms with Gasteiger partial charge >= 0.3 is 0 Å². The number of piperidine rings is 1. The van der Waals surface area contributed by atoms with Gasteiger partial charge in [-0.05, 0) is 36.3 Å². The number of primary amides is 1. The molecule has 4 rings (SSSR count). The molecule has 1 saturated heterocycles. The second kappa shape index (κ2) is 5.89. The van der Waals surface area contributed by atoms with Crippen molar-refractivity contribution in [3.63, 3.8) is 0 Å². The van der Waals surface area contributed by atoms with Crippen LogP contribution in [0, 0.1) is 5.92 Å². The summed E-state index contributed by atoms with van der Waals surface area (Å²) in [5.41, 5.74) is 10.3. The number of nitrogens with two attached hydrogens (primary N) is 1. The van der Waals surface area contributed by atoms with Crippen LogP contribution in [0.3, 0.4) is 0 Å². The lowest BCUT2D eigenvalue weighted by Gasteiger charge is -2.31. The predicted octanol–water partition coefficient (Wildman–Crippen LogP) is 2.50. The van der Waals surface area contributed by atoms with Crippen LogP contribution < -0.4 is 10.6 Å². The van der Waals surface area contributed by atoms with E-state index >= 15 is 0 Å². The Kier molecular flexibility index (Phi) is 3.71. The fourth-order valence-electron chi connectivity index (χ4n) is 3.88. The van der Waals surface area contributed by atoms with E-state index in [1.807, 2.05) is 6.20 Å². The Balaban J connectivity index is 1.64. The van der Waals surface area contributed by atoms with Crippen molar-refractivity contribution in [1.82, 2.24) is 9.97 Å². The summed E-state index contributed by atoms with van der Waals surface area (Å²) < 4.78 is 0. The zero-order chi connectivity index (χ0) is 16.7. The first-order chi connectivity index (χ1) is 11.6. The fraction of sp³-hybridized carbons (Fsp3) is 0.421. The minimum Gasteiger partial charge on any atom is -0.369 e. The minimum atomic E-state index is -0.191. The topological polar surface area (TPSA) is 72.1 Å². The molecule has 1 aromatic heterocycles. The monoisotopic (exact) mass is 322 g/mol. The number of carbonyl (C=O) groups is 1. The van der Waals surface area contributed by atoms with Gasteiger partial charge in [-0.25, -0.2) is 9.97 Å². The molecule has 2 heterocycles. The summed E-state index contributed by atoms with van der Waals surface area (Å²) in [6.07, 6.45) is 4.52. The van der Waals surface area contributed by atoms with Crippen LogP contribution in [-0.2, 0) is 11.2 Å². The molecule has 1 unspecified atom stereocenters. The van der Waals surface area contributed by atoms with Crippen molar-refractivity contribution >= 4 is 11.9 Å². The van der Waals surface area contributed by atoms with E-state index < -0.39 is 0 Å². The maximum atomic E-state index is 11.3. The van der Waals surface area contributed by atoms with Gasteiger partial charge in [0.05, 0.1) is 5.69 Å². The third-order valence-electron chi connectivity index (χ3n) is 5.30. The number of benzene rings is 1. The summed E-state index contributed by atoms with van der Waals surface area (Å²) in [7, 11) is 0. The number of amides is 1. The number of anilines is 1. The Hall–Kier alpha value is -2.43. The molecule has 2 aliphatic rings. The van der Waals surface area contributed by atoms with E-state index in [0.717, 1.165) is 44.0 Å². The number of aromatic nitrogens is 2. The molecule has 24 heavy (non-hydrogen) atoms. The standard InChI is InChI=1S/C19H22N4O/c1-12-10-14-11-21-19(23-8-6-13(7-9-23)18(20)24)22-17(14)16-5-3-2-4-15(12)16/h2-5,11-13H,6-10H2,1H3,(H2,20,24). The summed E-state index contributed by atoms with van der Waals surface area (Å²) in [5.74, 6) is 1.06. The van der Waals surface area contributed by atoms with Crippen LogP contribution in [0.25, 0.3) is 11.3 Å². The number of hydrogen-bond acceptors (Lipinski definition) is 4. The number of nitrogens with zero attached hydrogens (tertiary/aromatic N) is 3. The van der Waals surface area contributed by atoms with Crippen molar-refractivity contribution < 1.29 is 4.79 Å². The van der Waals surface area contributed by atoms with E-state index in [2.05, 4.69) is 41.1 Å². The largest absolute Gasteiger partial charge is 0.369 e. The third-order valence-corrected chi connectivity index (χ3v) is 5.30. The molecule has 1 amide bonds. The van der Waals surface area contributed by atoms with Crippen molar-refractivity contribution in [3.05, 3.63) is 41.6 Å². The Morgan fingerprint density at radius 3 is 2.75 bits per heavy atom. The van der Waals surface area contributed by atoms with E-state index in [9.17, 15) is 4.79 Å². The molecule has 5 heteroatoms. The number of carbonyl (C=O) groups excluding carboxylic acids is 1. The summed E-state index contributed by atoms with van der Waals surface area (Å²) in [6, 6.07) is 8.51. The van der Waals surface area contributed by atoms with Gasteiger partial charge in [0.25, 0.3) is 0 Å². The minimum absolute atomic E-state index is 0.0135. The zero-order valence-electron chi connectivity index (χ0n) is 13.9. The van der Waals surface area contributed by atoms with E-state index in [1.165, 1.54) is 16.7 Å². The number of rotatable bonds is 2. The van der Waals surface area contributed by atoms with Gasteiger partial charge in [0.1, 0.15) is 0 Å². The number of fused-ring (bicyclic) bond motifs is 3. The fourth-order valence-corrected chi connectivity index (χ4v) is 3.88. The first kappa shape index (κ1) is 15.1. The first-order valence-corrected chi connectivity index (χ1v) is 8.63. The van der Waals surface area contributed by atoms with E-state index in [4.69, 9.17) is 10.7 Å². The van der Waals surface area contributed by atoms with Gasteiger partial charge in [-0.15, -0.1) is 0 Å². The average molecular weight is 322 g/mol. The summed E-state index contributed by atoms with van der Waals surface area (Å²) in [6.45, 7) is 3.82. The smallest absolute Gasteiger partial charge is 0.225 e. The molecule has 0 saturated carbocycles. The highest BCUT2D eigenvalue weighted by Crippen LogP contribution is 2.38. The second-order valence-corrected chi connectivity index (χ2v) is 6.90. The van der Waals surface area contributed by atoms with Crippen LogP contribution in [0.5, 0.6) is 0 Å². The SMILES string of the molecule is CC1Cc2cnc(N3CCC(C(N)=O)CC3)nc2-c2ccccc21. The summed E-state index contributed by atoms with van der Waals surface area (Å²) in [5, 5.41) is 0. The Morgan fingerprint density at radius 2 is 2.00 bits per heavy atom. The van der Waals surface area contributed by atoms with E-state index in [1.54, 1.807) is 0 Å². The molecule has 2 aromatic rings. The van der Waals surface area contributed by atoms with Crippen molar-refractivity contribution in [2.45, 2.75) is 32.1 Å². The Bertz CT molecular complexity index is 781. The van der Waals surface area contributed by atoms with Crippen LogP contribution >= 0.6 is 0 Å². The van der Waals surface area contributed by atoms with E-state index in [-0.39, 0.29) is 11.8 Å². The highest BCUT2D eigenvalue weighted by atomic mass is 16.1. The molecule has 0 spiro atoms. The highest BCUT2D eigenvalue weighted by molar-refractivity contribution is 5.77. The molecule has 2 N–H and O–H groups in total. The highest BCUT2D eigenvalue weighted by Gasteiger charge is 2.27. The van der Waals surface area contributed by atoms with Gasteiger partial charge in [0.2, 0.25) is 11.9 Å². The summed E-state index contributed by atoms with van der Waals surface area (Å²) in [4.78, 5) is 23.0. The lowest BCUT2D eigenvalue weighted by Crippen LogP contribution is -2.39. The molecule has 1 aliphatic carbocycles. The van der Waals surface area contributed by atoms with Gasteiger partial charge < -0.3 is 10.6 Å². The molecule has 0 radical (unpaired) electrons. The molecule has 1 aliphatic heterocycles. The number of hydrogen-bond donors (Lipinski definition) is 1. The third kappa shape index (κ3) is 2.54. The van der Waals surface area contributed by atoms with Gasteiger partial charge in [0, 0.05) is 30.8 Å². The lowest BCUT2D eigenvalue weighted by atomic mass is 9.83. The zero-order valence-corrected chi connectivity index (χ0v) is 13.9. The summed E-state index contributed by atoms with van der Waals surface area (Å²) >= 11 is 0. The van der Waals surface area contributed by atoms with Crippen molar-refractivity contribution in [2.24, 2.45) is 11.7 Å². The molecule has 5 nitrogen and oxygen atoms in total. The van der Waals surface area contributed by atoms with Crippen molar-refractivity contribution in [2.75, 3.05) is 18.0 Å². The van der Waals surface area contributed by atoms with Gasteiger partial charge in [-0.1, -0.05) is 31.2 Å². The van der Waals surface area contributed by atoms with Crippen LogP contribution in [0.4, 0.5) is 5.95 Å². The lowest BCUT2D eigenvalue weighted by molar-refractivity contribution is -0.122. The van der Waals surface area contributed by atoms with Gasteiger partial charge in [-0.2, -0.15) is 0 Å². The van der Waals surface area contributed by atoms with Crippen molar-refractivity contribution in [1.29, 1.82) is 0 Å². The molecule has 124 valence electrons. The average Bonchev–Trinajstić information content (AvgIpc) is 2.62. The quantitative estimate of drug-likeness (QED) is 0.922. The predicted molar refractivity (Wildman–Crippen MR) is 93.7 cm³/mol. The van der Waals surface area contributed by atoms with Crippen LogP contribution in [0.15, 0.2) is 30.5 Å². The molecule has 1 aromatic carbocycles. The van der Waals surface area contributed by atoms with Gasteiger partial charge in [-0.3, -0.25) is 4.79 Å². The molecule has 1 atom stereocenters. The molecule has 0 bridgehead atoms. The molecule has 1 fully saturated rings. The normalized spacial score (nSPS) is 20.4. The Labute approximate surface area is 141 Å². The van der Waals surface area contributed by atoms with E-state index in [0.29, 0.717) is 5.92 Å². The van der Waals surface area contributed by atoms with Gasteiger partial charge in [0.15, 0.2) is 0 Å². The van der Waals surface area contributed by atoms with Crippen LogP contribution in [0.2, 0.25) is 0 Å². The molecular weight excluding hydrogens is 300 g/mol.